The summed E-state index contributed by atoms with van der Waals surface area (Å²) in [6, 6.07) is 10.2. The van der Waals surface area contributed by atoms with Crippen molar-refractivity contribution in [2.45, 2.75) is 32.4 Å². The van der Waals surface area contributed by atoms with Gasteiger partial charge in [0.1, 0.15) is 10.8 Å². The lowest BCUT2D eigenvalue weighted by Crippen LogP contribution is -2.40. The van der Waals surface area contributed by atoms with Crippen molar-refractivity contribution in [1.82, 2.24) is 20.2 Å². The first kappa shape index (κ1) is 25.4. The number of hydrogen-bond donors (Lipinski definition) is 3. The summed E-state index contributed by atoms with van der Waals surface area (Å²) in [6.07, 6.45) is 2.94. The molecule has 11 heteroatoms. The summed E-state index contributed by atoms with van der Waals surface area (Å²) < 4.78 is 0. The molecule has 0 radical (unpaired) electrons. The van der Waals surface area contributed by atoms with Crippen LogP contribution in [0, 0.1) is 6.92 Å². The predicted molar refractivity (Wildman–Crippen MR) is 136 cm³/mol. The summed E-state index contributed by atoms with van der Waals surface area (Å²) in [6.45, 7) is 2.14. The van der Waals surface area contributed by atoms with Gasteiger partial charge in [0, 0.05) is 42.7 Å². The normalized spacial score (nSPS) is 14.9. The van der Waals surface area contributed by atoms with E-state index < -0.39 is 12.0 Å². The van der Waals surface area contributed by atoms with Crippen LogP contribution in [0.3, 0.4) is 0 Å². The van der Waals surface area contributed by atoms with Gasteiger partial charge < -0.3 is 20.6 Å². The molecule has 1 aromatic carbocycles. The molecule has 1 fully saturated rings. The first-order valence-electron chi connectivity index (χ1n) is 11.2. The monoisotopic (exact) mass is 527 g/mol. The summed E-state index contributed by atoms with van der Waals surface area (Å²) in [5.74, 6) is -0.486. The Hall–Kier alpha value is -3.69. The second kappa shape index (κ2) is 10.9. The van der Waals surface area contributed by atoms with Gasteiger partial charge in [-0.05, 0) is 48.2 Å². The molecule has 36 heavy (non-hydrogen) atoms. The number of nitrogens with one attached hydrogen (secondary N) is 2. The molecule has 1 atom stereocenters. The van der Waals surface area contributed by atoms with E-state index in [0.717, 1.165) is 11.1 Å². The molecule has 1 saturated heterocycles. The van der Waals surface area contributed by atoms with Gasteiger partial charge >= 0.3 is 6.09 Å². The quantitative estimate of drug-likeness (QED) is 0.380. The van der Waals surface area contributed by atoms with E-state index in [1.54, 1.807) is 36.5 Å². The number of anilines is 1. The van der Waals surface area contributed by atoms with Gasteiger partial charge in [-0.25, -0.2) is 9.78 Å². The van der Waals surface area contributed by atoms with E-state index in [1.165, 1.54) is 11.1 Å². The Balaban J connectivity index is 1.45. The Morgan fingerprint density at radius 1 is 1.17 bits per heavy atom. The third-order valence-electron chi connectivity index (χ3n) is 5.95. The molecule has 2 aromatic heterocycles. The molecule has 0 bridgehead atoms. The molecule has 9 nitrogen and oxygen atoms in total. The minimum absolute atomic E-state index is 0.0733. The lowest BCUT2D eigenvalue weighted by Gasteiger charge is -2.22. The second-order valence-electron chi connectivity index (χ2n) is 8.41. The molecular formula is C25H23Cl2N5O4. The SMILES string of the molecule is Cc1c(NC(=O)c2ccc(CN(C[C@@H]3CCC(=O)N3)C(=O)O)cn2)cccc1-c1ccnc(Cl)c1Cl. The number of aromatic nitrogens is 2. The maximum atomic E-state index is 12.9. The van der Waals surface area contributed by atoms with Crippen LogP contribution >= 0.6 is 23.2 Å². The number of amides is 3. The lowest BCUT2D eigenvalue weighted by atomic mass is 10.00. The highest BCUT2D eigenvalue weighted by Gasteiger charge is 2.25. The molecule has 186 valence electrons. The van der Waals surface area contributed by atoms with E-state index in [2.05, 4.69) is 20.6 Å². The molecule has 3 amide bonds. The lowest BCUT2D eigenvalue weighted by molar-refractivity contribution is -0.119. The van der Waals surface area contributed by atoms with Crippen LogP contribution in [0.25, 0.3) is 11.1 Å². The molecule has 0 spiro atoms. The average Bonchev–Trinajstić information content (AvgIpc) is 3.27. The Morgan fingerprint density at radius 2 is 1.97 bits per heavy atom. The van der Waals surface area contributed by atoms with E-state index in [9.17, 15) is 19.5 Å². The third kappa shape index (κ3) is 5.75. The van der Waals surface area contributed by atoms with Crippen molar-refractivity contribution in [2.24, 2.45) is 0 Å². The zero-order valence-electron chi connectivity index (χ0n) is 19.3. The number of benzene rings is 1. The number of carbonyl (C=O) groups is 3. The highest BCUT2D eigenvalue weighted by Crippen LogP contribution is 2.36. The van der Waals surface area contributed by atoms with Crippen LogP contribution in [0.1, 0.15) is 34.5 Å². The number of carbonyl (C=O) groups excluding carboxylic acids is 2. The molecule has 0 saturated carbocycles. The van der Waals surface area contributed by atoms with Gasteiger partial charge in [0.25, 0.3) is 5.91 Å². The summed E-state index contributed by atoms with van der Waals surface area (Å²) >= 11 is 12.4. The minimum atomic E-state index is -1.09. The Bertz CT molecular complexity index is 1320. The molecule has 1 aliphatic rings. The Kier molecular flexibility index (Phi) is 7.71. The summed E-state index contributed by atoms with van der Waals surface area (Å²) in [7, 11) is 0. The van der Waals surface area contributed by atoms with Gasteiger partial charge in [-0.3, -0.25) is 14.6 Å². The van der Waals surface area contributed by atoms with E-state index in [0.29, 0.717) is 34.7 Å². The minimum Gasteiger partial charge on any atom is -0.465 e. The van der Waals surface area contributed by atoms with Crippen molar-refractivity contribution in [1.29, 1.82) is 0 Å². The highest BCUT2D eigenvalue weighted by atomic mass is 35.5. The molecule has 1 aliphatic heterocycles. The summed E-state index contributed by atoms with van der Waals surface area (Å²) in [4.78, 5) is 45.3. The fourth-order valence-corrected chi connectivity index (χ4v) is 4.41. The maximum absolute atomic E-state index is 12.9. The highest BCUT2D eigenvalue weighted by molar-refractivity contribution is 6.43. The van der Waals surface area contributed by atoms with Gasteiger partial charge in [-0.1, -0.05) is 41.4 Å². The predicted octanol–water partition coefficient (Wildman–Crippen LogP) is 4.77. The van der Waals surface area contributed by atoms with Crippen molar-refractivity contribution < 1.29 is 19.5 Å². The fraction of sp³-hybridized carbons (Fsp3) is 0.240. The molecule has 0 unspecified atom stereocenters. The van der Waals surface area contributed by atoms with Crippen LogP contribution in [0.15, 0.2) is 48.8 Å². The van der Waals surface area contributed by atoms with Crippen LogP contribution < -0.4 is 10.6 Å². The smallest absolute Gasteiger partial charge is 0.407 e. The van der Waals surface area contributed by atoms with Crippen molar-refractivity contribution >= 4 is 46.8 Å². The van der Waals surface area contributed by atoms with Crippen molar-refractivity contribution in [3.63, 3.8) is 0 Å². The van der Waals surface area contributed by atoms with E-state index in [1.807, 2.05) is 13.0 Å². The number of carboxylic acid groups (broad SMARTS) is 1. The Labute approximate surface area is 217 Å². The summed E-state index contributed by atoms with van der Waals surface area (Å²) in [5.41, 5.74) is 3.69. The topological polar surface area (TPSA) is 125 Å². The summed E-state index contributed by atoms with van der Waals surface area (Å²) in [5, 5.41) is 15.7. The third-order valence-corrected chi connectivity index (χ3v) is 6.71. The molecule has 3 aromatic rings. The van der Waals surface area contributed by atoms with Gasteiger partial charge in [-0.2, -0.15) is 0 Å². The largest absolute Gasteiger partial charge is 0.465 e. The van der Waals surface area contributed by atoms with Crippen LogP contribution in [-0.2, 0) is 11.3 Å². The number of pyridine rings is 2. The second-order valence-corrected chi connectivity index (χ2v) is 9.15. The first-order valence-corrected chi connectivity index (χ1v) is 11.9. The van der Waals surface area contributed by atoms with Crippen LogP contribution in [0.2, 0.25) is 10.2 Å². The van der Waals surface area contributed by atoms with Gasteiger partial charge in [-0.15, -0.1) is 0 Å². The van der Waals surface area contributed by atoms with Crippen molar-refractivity contribution in [2.75, 3.05) is 11.9 Å². The zero-order valence-corrected chi connectivity index (χ0v) is 20.8. The Morgan fingerprint density at radius 3 is 2.64 bits per heavy atom. The number of nitrogens with zero attached hydrogens (tertiary/aromatic N) is 3. The number of hydrogen-bond acceptors (Lipinski definition) is 5. The van der Waals surface area contributed by atoms with Crippen LogP contribution in [0.4, 0.5) is 10.5 Å². The molecular weight excluding hydrogens is 505 g/mol. The standard InChI is InChI=1S/C25H23Cl2N5O4/c1-14-17(18-9-10-28-23(27)22(18)26)3-2-4-19(14)31-24(34)20-7-5-15(11-29-20)12-32(25(35)36)13-16-6-8-21(33)30-16/h2-5,7,9-11,16H,6,8,12-13H2,1H3,(H,30,33)(H,31,34)(H,35,36)/t16-/m0/s1. The van der Waals surface area contributed by atoms with Crippen LogP contribution in [0.5, 0.6) is 0 Å². The van der Waals surface area contributed by atoms with Crippen LogP contribution in [-0.4, -0.2) is 50.5 Å². The molecule has 4 rings (SSSR count). The molecule has 3 N–H and O–H groups in total. The van der Waals surface area contributed by atoms with Gasteiger partial charge in [0.05, 0.1) is 11.6 Å². The van der Waals surface area contributed by atoms with Gasteiger partial charge in [0.2, 0.25) is 5.91 Å². The van der Waals surface area contributed by atoms with E-state index in [4.69, 9.17) is 23.2 Å². The first-order chi connectivity index (χ1) is 17.2. The molecule has 3 heterocycles. The number of halogens is 2. The van der Waals surface area contributed by atoms with E-state index >= 15 is 0 Å². The molecule has 0 aliphatic carbocycles. The maximum Gasteiger partial charge on any atom is 0.407 e. The van der Waals surface area contributed by atoms with Crippen molar-refractivity contribution in [3.8, 4) is 11.1 Å². The number of rotatable bonds is 7. The van der Waals surface area contributed by atoms with Crippen molar-refractivity contribution in [3.05, 3.63) is 75.8 Å². The van der Waals surface area contributed by atoms with E-state index in [-0.39, 0.29) is 35.9 Å². The van der Waals surface area contributed by atoms with Gasteiger partial charge in [0.15, 0.2) is 0 Å². The zero-order chi connectivity index (χ0) is 25.8. The fourth-order valence-electron chi connectivity index (χ4n) is 4.04. The average molecular weight is 528 g/mol.